The molecule has 1 aromatic carbocycles. The van der Waals surface area contributed by atoms with Gasteiger partial charge in [0.05, 0.1) is 5.56 Å². The molecule has 0 aromatic heterocycles. The number of alkyl halides is 3. The van der Waals surface area contributed by atoms with Crippen molar-refractivity contribution in [2.75, 3.05) is 26.2 Å². The van der Waals surface area contributed by atoms with Crippen LogP contribution < -0.4 is 5.43 Å². The topological polar surface area (TPSA) is 52.7 Å². The van der Waals surface area contributed by atoms with Crippen LogP contribution in [0.15, 0.2) is 24.3 Å². The van der Waals surface area contributed by atoms with Gasteiger partial charge in [-0.1, -0.05) is 0 Å². The lowest BCUT2D eigenvalue weighted by atomic mass is 10.1. The molecule has 0 radical (unpaired) electrons. The van der Waals surface area contributed by atoms with E-state index in [1.165, 1.54) is 6.92 Å². The number of hydrogen-bond donors (Lipinski definition) is 1. The molecule has 8 heteroatoms. The van der Waals surface area contributed by atoms with Crippen LogP contribution in [0.2, 0.25) is 0 Å². The predicted molar refractivity (Wildman–Crippen MR) is 72.7 cm³/mol. The number of piperazine rings is 1. The molecule has 0 bridgehead atoms. The Morgan fingerprint density at radius 2 is 1.59 bits per heavy atom. The van der Waals surface area contributed by atoms with Gasteiger partial charge < -0.3 is 4.90 Å². The van der Waals surface area contributed by atoms with E-state index in [4.69, 9.17) is 0 Å². The van der Waals surface area contributed by atoms with E-state index in [0.717, 1.165) is 24.3 Å². The molecule has 0 atom stereocenters. The van der Waals surface area contributed by atoms with Crippen LogP contribution >= 0.6 is 0 Å². The molecule has 1 aromatic rings. The van der Waals surface area contributed by atoms with Gasteiger partial charge in [0.2, 0.25) is 5.91 Å². The first-order valence-corrected chi connectivity index (χ1v) is 6.76. The average Bonchev–Trinajstić information content (AvgIpc) is 2.47. The molecule has 1 aliphatic heterocycles. The molecule has 2 amide bonds. The van der Waals surface area contributed by atoms with Crippen molar-refractivity contribution < 1.29 is 22.8 Å². The van der Waals surface area contributed by atoms with E-state index in [9.17, 15) is 22.8 Å². The molecule has 0 unspecified atom stereocenters. The first-order chi connectivity index (χ1) is 10.3. The molecule has 1 heterocycles. The van der Waals surface area contributed by atoms with Gasteiger partial charge in [0.25, 0.3) is 5.91 Å². The maximum absolute atomic E-state index is 12.5. The minimum atomic E-state index is -4.42. The van der Waals surface area contributed by atoms with Gasteiger partial charge in [-0.25, -0.2) is 5.01 Å². The SMILES string of the molecule is CC(=O)N1CCN(NC(=O)c2ccc(C(F)(F)F)cc2)CC1. The number of rotatable bonds is 2. The van der Waals surface area contributed by atoms with Crippen LogP contribution in [0.1, 0.15) is 22.8 Å². The van der Waals surface area contributed by atoms with Gasteiger partial charge in [0.15, 0.2) is 0 Å². The van der Waals surface area contributed by atoms with Crippen LogP contribution in [0.4, 0.5) is 13.2 Å². The molecule has 1 aliphatic rings. The third kappa shape index (κ3) is 3.97. The monoisotopic (exact) mass is 315 g/mol. The summed E-state index contributed by atoms with van der Waals surface area (Å²) >= 11 is 0. The zero-order chi connectivity index (χ0) is 16.3. The van der Waals surface area contributed by atoms with Crippen molar-refractivity contribution in [3.63, 3.8) is 0 Å². The summed E-state index contributed by atoms with van der Waals surface area (Å²) in [5, 5.41) is 1.65. The maximum atomic E-state index is 12.5. The third-order valence-corrected chi connectivity index (χ3v) is 3.46. The standard InChI is InChI=1S/C14H16F3N3O2/c1-10(21)19-6-8-20(9-7-19)18-13(22)11-2-4-12(5-3-11)14(15,16)17/h2-5H,6-9H2,1H3,(H,18,22). The molecule has 1 fully saturated rings. The quantitative estimate of drug-likeness (QED) is 0.900. The van der Waals surface area contributed by atoms with E-state index in [2.05, 4.69) is 5.43 Å². The molecule has 0 saturated carbocycles. The Kier molecular flexibility index (Phi) is 4.70. The summed E-state index contributed by atoms with van der Waals surface area (Å²) in [6.07, 6.45) is -4.42. The summed E-state index contributed by atoms with van der Waals surface area (Å²) < 4.78 is 37.4. The predicted octanol–water partition coefficient (Wildman–Crippen LogP) is 1.51. The van der Waals surface area contributed by atoms with E-state index >= 15 is 0 Å². The highest BCUT2D eigenvalue weighted by Gasteiger charge is 2.30. The molecular weight excluding hydrogens is 299 g/mol. The summed E-state index contributed by atoms with van der Waals surface area (Å²) in [6, 6.07) is 4.04. The molecule has 120 valence electrons. The van der Waals surface area contributed by atoms with Crippen LogP contribution in [0.25, 0.3) is 0 Å². The van der Waals surface area contributed by atoms with Crippen LogP contribution in [-0.4, -0.2) is 47.9 Å². The van der Waals surface area contributed by atoms with Gasteiger partial charge in [-0.05, 0) is 24.3 Å². The highest BCUT2D eigenvalue weighted by molar-refractivity contribution is 5.93. The fourth-order valence-electron chi connectivity index (χ4n) is 2.15. The summed E-state index contributed by atoms with van der Waals surface area (Å²) in [7, 11) is 0. The van der Waals surface area contributed by atoms with Crippen molar-refractivity contribution in [2.24, 2.45) is 0 Å². The number of carbonyl (C=O) groups excluding carboxylic acids is 2. The fourth-order valence-corrected chi connectivity index (χ4v) is 2.15. The van der Waals surface area contributed by atoms with Gasteiger partial charge in [-0.3, -0.25) is 15.0 Å². The third-order valence-electron chi connectivity index (χ3n) is 3.46. The van der Waals surface area contributed by atoms with E-state index in [-0.39, 0.29) is 11.5 Å². The van der Waals surface area contributed by atoms with Crippen molar-refractivity contribution in [1.82, 2.24) is 15.3 Å². The van der Waals surface area contributed by atoms with Crippen molar-refractivity contribution in [1.29, 1.82) is 0 Å². The van der Waals surface area contributed by atoms with Crippen molar-refractivity contribution >= 4 is 11.8 Å². The highest BCUT2D eigenvalue weighted by Crippen LogP contribution is 2.29. The van der Waals surface area contributed by atoms with E-state index in [1.807, 2.05) is 0 Å². The number of amides is 2. The lowest BCUT2D eigenvalue weighted by Gasteiger charge is -2.34. The number of halogens is 3. The second kappa shape index (κ2) is 6.35. The van der Waals surface area contributed by atoms with Crippen LogP contribution in [-0.2, 0) is 11.0 Å². The number of nitrogens with one attached hydrogen (secondary N) is 1. The van der Waals surface area contributed by atoms with Crippen LogP contribution in [0, 0.1) is 0 Å². The Labute approximate surface area is 125 Å². The number of hydrazine groups is 1. The Hall–Kier alpha value is -2.09. The Morgan fingerprint density at radius 1 is 1.05 bits per heavy atom. The van der Waals surface area contributed by atoms with Crippen molar-refractivity contribution in [3.05, 3.63) is 35.4 Å². The summed E-state index contributed by atoms with van der Waals surface area (Å²) in [5.41, 5.74) is 1.99. The van der Waals surface area contributed by atoms with E-state index in [0.29, 0.717) is 26.2 Å². The normalized spacial score (nSPS) is 16.5. The molecule has 1 N–H and O–H groups in total. The average molecular weight is 315 g/mol. The van der Waals surface area contributed by atoms with E-state index in [1.54, 1.807) is 9.91 Å². The Balaban J connectivity index is 1.92. The molecule has 22 heavy (non-hydrogen) atoms. The van der Waals surface area contributed by atoms with Crippen LogP contribution in [0.5, 0.6) is 0 Å². The fraction of sp³-hybridized carbons (Fsp3) is 0.429. The highest BCUT2D eigenvalue weighted by atomic mass is 19.4. The number of carbonyl (C=O) groups is 2. The number of hydrogen-bond acceptors (Lipinski definition) is 3. The van der Waals surface area contributed by atoms with Gasteiger partial charge in [0, 0.05) is 38.7 Å². The van der Waals surface area contributed by atoms with Crippen molar-refractivity contribution in [2.45, 2.75) is 13.1 Å². The van der Waals surface area contributed by atoms with Crippen LogP contribution in [0.3, 0.4) is 0 Å². The van der Waals surface area contributed by atoms with Crippen molar-refractivity contribution in [3.8, 4) is 0 Å². The van der Waals surface area contributed by atoms with Gasteiger partial charge in [-0.2, -0.15) is 13.2 Å². The number of benzene rings is 1. The summed E-state index contributed by atoms with van der Waals surface area (Å²) in [5.74, 6) is -0.487. The first kappa shape index (κ1) is 16.3. The molecule has 1 saturated heterocycles. The molecular formula is C14H16F3N3O2. The molecule has 5 nitrogen and oxygen atoms in total. The lowest BCUT2D eigenvalue weighted by molar-refractivity contribution is -0.137. The Morgan fingerprint density at radius 3 is 2.05 bits per heavy atom. The summed E-state index contributed by atoms with van der Waals surface area (Å²) in [6.45, 7) is 3.44. The smallest absolute Gasteiger partial charge is 0.340 e. The molecule has 2 rings (SSSR count). The lowest BCUT2D eigenvalue weighted by Crippen LogP contribution is -2.54. The van der Waals surface area contributed by atoms with Gasteiger partial charge in [-0.15, -0.1) is 0 Å². The second-order valence-corrected chi connectivity index (χ2v) is 5.01. The van der Waals surface area contributed by atoms with Gasteiger partial charge in [0.1, 0.15) is 0 Å². The number of nitrogens with zero attached hydrogens (tertiary/aromatic N) is 2. The maximum Gasteiger partial charge on any atom is 0.416 e. The van der Waals surface area contributed by atoms with Gasteiger partial charge >= 0.3 is 6.18 Å². The minimum Gasteiger partial charge on any atom is -0.340 e. The largest absolute Gasteiger partial charge is 0.416 e. The first-order valence-electron chi connectivity index (χ1n) is 6.76. The van der Waals surface area contributed by atoms with E-state index < -0.39 is 17.6 Å². The summed E-state index contributed by atoms with van der Waals surface area (Å²) in [4.78, 5) is 24.8. The molecule has 0 spiro atoms. The molecule has 0 aliphatic carbocycles. The minimum absolute atomic E-state index is 0.0197. The zero-order valence-electron chi connectivity index (χ0n) is 12.0. The second-order valence-electron chi connectivity index (χ2n) is 5.01. The zero-order valence-corrected chi connectivity index (χ0v) is 12.0. The Bertz CT molecular complexity index is 549.